The van der Waals surface area contributed by atoms with Gasteiger partial charge in [-0.05, 0) is 36.8 Å². The molecule has 0 radical (unpaired) electrons. The average Bonchev–Trinajstić information content (AvgIpc) is 2.67. The topological polar surface area (TPSA) is 51.7 Å². The summed E-state index contributed by atoms with van der Waals surface area (Å²) in [7, 11) is 1.31. The van der Waals surface area contributed by atoms with Gasteiger partial charge in [-0.3, -0.25) is 0 Å². The summed E-state index contributed by atoms with van der Waals surface area (Å²) in [6.07, 6.45) is -4.72. The molecule has 144 valence electrons. The Kier molecular flexibility index (Phi) is 5.36. The standard InChI is InChI=1S/C19H19F3N2O3/c1-12-15(18(25)26-2)7-8-17(23-12)24-9-10-27-16(11-24)13-3-5-14(6-4-13)19(20,21)22/h3-8,16H,9-11H2,1-2H3. The lowest BCUT2D eigenvalue weighted by molar-refractivity contribution is -0.137. The molecule has 1 aromatic carbocycles. The first-order valence-corrected chi connectivity index (χ1v) is 8.39. The zero-order valence-corrected chi connectivity index (χ0v) is 14.9. The number of aromatic nitrogens is 1. The maximum Gasteiger partial charge on any atom is 0.416 e. The summed E-state index contributed by atoms with van der Waals surface area (Å²) in [6.45, 7) is 3.20. The first-order chi connectivity index (χ1) is 12.8. The molecular formula is C19H19F3N2O3. The van der Waals surface area contributed by atoms with Crippen LogP contribution >= 0.6 is 0 Å². The van der Waals surface area contributed by atoms with Gasteiger partial charge in [0.05, 0.1) is 30.5 Å². The van der Waals surface area contributed by atoms with Crippen LogP contribution in [0.25, 0.3) is 0 Å². The molecule has 1 fully saturated rings. The number of anilines is 1. The highest BCUT2D eigenvalue weighted by Crippen LogP contribution is 2.31. The SMILES string of the molecule is COC(=O)c1ccc(N2CCOC(c3ccc(C(F)(F)F)cc3)C2)nc1C. The average molecular weight is 380 g/mol. The summed E-state index contributed by atoms with van der Waals surface area (Å²) < 4.78 is 48.6. The molecule has 1 aliphatic rings. The van der Waals surface area contributed by atoms with Crippen LogP contribution in [0.5, 0.6) is 0 Å². The van der Waals surface area contributed by atoms with E-state index < -0.39 is 17.7 Å². The van der Waals surface area contributed by atoms with Crippen molar-refractivity contribution in [1.82, 2.24) is 4.98 Å². The molecular weight excluding hydrogens is 361 g/mol. The number of methoxy groups -OCH3 is 1. The molecule has 0 aliphatic carbocycles. The van der Waals surface area contributed by atoms with Crippen LogP contribution in [0.1, 0.15) is 33.3 Å². The van der Waals surface area contributed by atoms with Crippen LogP contribution in [0.15, 0.2) is 36.4 Å². The van der Waals surface area contributed by atoms with E-state index in [1.54, 1.807) is 19.1 Å². The maximum absolute atomic E-state index is 12.7. The monoisotopic (exact) mass is 380 g/mol. The lowest BCUT2D eigenvalue weighted by Gasteiger charge is -2.34. The van der Waals surface area contributed by atoms with E-state index in [1.165, 1.54) is 19.2 Å². The van der Waals surface area contributed by atoms with Gasteiger partial charge in [0.15, 0.2) is 0 Å². The summed E-state index contributed by atoms with van der Waals surface area (Å²) in [5, 5.41) is 0. The summed E-state index contributed by atoms with van der Waals surface area (Å²) in [5.74, 6) is 0.233. The van der Waals surface area contributed by atoms with Crippen molar-refractivity contribution in [3.8, 4) is 0 Å². The van der Waals surface area contributed by atoms with Crippen molar-refractivity contribution >= 4 is 11.8 Å². The number of rotatable bonds is 3. The number of nitrogens with zero attached hydrogens (tertiary/aromatic N) is 2. The Hall–Kier alpha value is -2.61. The van der Waals surface area contributed by atoms with Gasteiger partial charge < -0.3 is 14.4 Å². The van der Waals surface area contributed by atoms with Crippen LogP contribution in [0.4, 0.5) is 19.0 Å². The Bertz CT molecular complexity index is 822. The van der Waals surface area contributed by atoms with Gasteiger partial charge in [-0.2, -0.15) is 13.2 Å². The number of ether oxygens (including phenoxy) is 2. The number of carbonyl (C=O) groups excluding carboxylic acids is 1. The van der Waals surface area contributed by atoms with Crippen molar-refractivity contribution in [2.45, 2.75) is 19.2 Å². The van der Waals surface area contributed by atoms with Gasteiger partial charge in [-0.15, -0.1) is 0 Å². The van der Waals surface area contributed by atoms with E-state index in [4.69, 9.17) is 9.47 Å². The van der Waals surface area contributed by atoms with Crippen LogP contribution in [0.2, 0.25) is 0 Å². The fraction of sp³-hybridized carbons (Fsp3) is 0.368. The highest BCUT2D eigenvalue weighted by atomic mass is 19.4. The number of halogens is 3. The number of hydrogen-bond acceptors (Lipinski definition) is 5. The van der Waals surface area contributed by atoms with Gasteiger partial charge in [0.1, 0.15) is 11.9 Å². The van der Waals surface area contributed by atoms with E-state index in [1.807, 2.05) is 4.90 Å². The Morgan fingerprint density at radius 2 is 1.93 bits per heavy atom. The molecule has 3 rings (SSSR count). The molecule has 0 saturated carbocycles. The molecule has 2 heterocycles. The van der Waals surface area contributed by atoms with Gasteiger partial charge in [-0.25, -0.2) is 9.78 Å². The Labute approximate surface area is 154 Å². The van der Waals surface area contributed by atoms with Crippen molar-refractivity contribution in [2.75, 3.05) is 31.7 Å². The molecule has 2 aromatic rings. The second-order valence-corrected chi connectivity index (χ2v) is 6.22. The summed E-state index contributed by atoms with van der Waals surface area (Å²) in [4.78, 5) is 18.1. The molecule has 27 heavy (non-hydrogen) atoms. The first-order valence-electron chi connectivity index (χ1n) is 8.39. The van der Waals surface area contributed by atoms with Crippen molar-refractivity contribution in [3.05, 3.63) is 58.8 Å². The third-order valence-electron chi connectivity index (χ3n) is 4.48. The summed E-state index contributed by atoms with van der Waals surface area (Å²) >= 11 is 0. The molecule has 1 aliphatic heterocycles. The highest BCUT2D eigenvalue weighted by Gasteiger charge is 2.31. The number of benzene rings is 1. The number of aryl methyl sites for hydroxylation is 1. The van der Waals surface area contributed by atoms with Gasteiger partial charge >= 0.3 is 12.1 Å². The van der Waals surface area contributed by atoms with E-state index in [0.29, 0.717) is 42.3 Å². The molecule has 0 bridgehead atoms. The third kappa shape index (κ3) is 4.21. The lowest BCUT2D eigenvalue weighted by Crippen LogP contribution is -2.39. The van der Waals surface area contributed by atoms with Gasteiger partial charge in [0, 0.05) is 13.1 Å². The predicted molar refractivity (Wildman–Crippen MR) is 92.7 cm³/mol. The first kappa shape index (κ1) is 19.2. The molecule has 1 saturated heterocycles. The minimum atomic E-state index is -4.36. The van der Waals surface area contributed by atoms with Gasteiger partial charge in [-0.1, -0.05) is 12.1 Å². The molecule has 0 amide bonds. The number of carbonyl (C=O) groups is 1. The minimum Gasteiger partial charge on any atom is -0.465 e. The van der Waals surface area contributed by atoms with Gasteiger partial charge in [0.25, 0.3) is 0 Å². The molecule has 1 unspecified atom stereocenters. The van der Waals surface area contributed by atoms with Crippen LogP contribution < -0.4 is 4.90 Å². The van der Waals surface area contributed by atoms with Crippen LogP contribution in [-0.2, 0) is 15.7 Å². The Morgan fingerprint density at radius 1 is 1.22 bits per heavy atom. The number of hydrogen-bond donors (Lipinski definition) is 0. The molecule has 1 atom stereocenters. The third-order valence-corrected chi connectivity index (χ3v) is 4.48. The number of esters is 1. The van der Waals surface area contributed by atoms with Gasteiger partial charge in [0.2, 0.25) is 0 Å². The van der Waals surface area contributed by atoms with Crippen LogP contribution in [0, 0.1) is 6.92 Å². The van der Waals surface area contributed by atoms with Crippen molar-refractivity contribution < 1.29 is 27.4 Å². The van der Waals surface area contributed by atoms with Crippen molar-refractivity contribution in [3.63, 3.8) is 0 Å². The maximum atomic E-state index is 12.7. The van der Waals surface area contributed by atoms with E-state index in [2.05, 4.69) is 4.98 Å². The number of pyridine rings is 1. The van der Waals surface area contributed by atoms with E-state index in [0.717, 1.165) is 12.1 Å². The summed E-state index contributed by atoms with van der Waals surface area (Å²) in [5.41, 5.74) is 0.941. The zero-order valence-electron chi connectivity index (χ0n) is 14.9. The minimum absolute atomic E-state index is 0.358. The number of morpholine rings is 1. The predicted octanol–water partition coefficient (Wildman–Crippen LogP) is 3.77. The fourth-order valence-corrected chi connectivity index (χ4v) is 3.00. The zero-order chi connectivity index (χ0) is 19.6. The number of alkyl halides is 3. The van der Waals surface area contributed by atoms with Crippen molar-refractivity contribution in [1.29, 1.82) is 0 Å². The molecule has 5 nitrogen and oxygen atoms in total. The van der Waals surface area contributed by atoms with Crippen LogP contribution in [-0.4, -0.2) is 37.8 Å². The molecule has 0 N–H and O–H groups in total. The van der Waals surface area contributed by atoms with Crippen LogP contribution in [0.3, 0.4) is 0 Å². The quantitative estimate of drug-likeness (QED) is 0.759. The largest absolute Gasteiger partial charge is 0.465 e. The summed E-state index contributed by atoms with van der Waals surface area (Å²) in [6, 6.07) is 8.39. The second-order valence-electron chi connectivity index (χ2n) is 6.22. The van der Waals surface area contributed by atoms with E-state index >= 15 is 0 Å². The fourth-order valence-electron chi connectivity index (χ4n) is 3.00. The van der Waals surface area contributed by atoms with E-state index in [9.17, 15) is 18.0 Å². The lowest BCUT2D eigenvalue weighted by atomic mass is 10.0. The van der Waals surface area contributed by atoms with E-state index in [-0.39, 0.29) is 6.10 Å². The molecule has 1 aromatic heterocycles. The Balaban J connectivity index is 1.76. The second kappa shape index (κ2) is 7.56. The normalized spacial score (nSPS) is 17.7. The molecule has 8 heteroatoms. The Morgan fingerprint density at radius 3 is 2.52 bits per heavy atom. The molecule has 0 spiro atoms. The smallest absolute Gasteiger partial charge is 0.416 e. The highest BCUT2D eigenvalue weighted by molar-refractivity contribution is 5.90. The van der Waals surface area contributed by atoms with Crippen molar-refractivity contribution in [2.24, 2.45) is 0 Å².